The van der Waals surface area contributed by atoms with Crippen LogP contribution in [0, 0.1) is 0 Å². The maximum atomic E-state index is 9.33. The van der Waals surface area contributed by atoms with E-state index in [2.05, 4.69) is 4.98 Å². The van der Waals surface area contributed by atoms with Gasteiger partial charge < -0.3 is 9.67 Å². The first-order chi connectivity index (χ1) is 6.24. The summed E-state index contributed by atoms with van der Waals surface area (Å²) < 4.78 is 2.03. The average Bonchev–Trinajstić information content (AvgIpc) is 2.52. The molecule has 0 aliphatic heterocycles. The summed E-state index contributed by atoms with van der Waals surface area (Å²) in [5.74, 6) is 1.10. The van der Waals surface area contributed by atoms with Gasteiger partial charge in [-0.05, 0) is 19.3 Å². The number of aliphatic hydroxyl groups is 1. The Bertz CT molecular complexity index is 245. The third kappa shape index (κ3) is 3.19. The lowest BCUT2D eigenvalue weighted by atomic mass is 10.1. The molecule has 0 aromatic carbocycles. The van der Waals surface area contributed by atoms with Crippen molar-refractivity contribution in [2.75, 3.05) is 0 Å². The van der Waals surface area contributed by atoms with Crippen molar-refractivity contribution in [2.45, 2.75) is 38.7 Å². The van der Waals surface area contributed by atoms with Crippen molar-refractivity contribution < 1.29 is 5.11 Å². The Balaban J connectivity index is 2.24. The van der Waals surface area contributed by atoms with Crippen molar-refractivity contribution in [1.82, 2.24) is 9.55 Å². The molecule has 0 aliphatic rings. The van der Waals surface area contributed by atoms with Crippen molar-refractivity contribution in [2.24, 2.45) is 7.05 Å². The van der Waals surface area contributed by atoms with Gasteiger partial charge in [0.15, 0.2) is 0 Å². The predicted octanol–water partition coefficient (Wildman–Crippen LogP) is 1.51. The second-order valence-corrected chi connectivity index (χ2v) is 3.41. The molecule has 0 saturated heterocycles. The van der Waals surface area contributed by atoms with Gasteiger partial charge in [-0.3, -0.25) is 0 Å². The molecule has 0 radical (unpaired) electrons. The fourth-order valence-electron chi connectivity index (χ4n) is 1.34. The number of hydrogen-bond acceptors (Lipinski definition) is 2. The van der Waals surface area contributed by atoms with Gasteiger partial charge >= 0.3 is 0 Å². The first kappa shape index (κ1) is 10.3. The van der Waals surface area contributed by atoms with E-state index in [0.29, 0.717) is 0 Å². The van der Waals surface area contributed by atoms with Gasteiger partial charge in [-0.15, -0.1) is 0 Å². The maximum Gasteiger partial charge on any atom is 0.108 e. The summed E-state index contributed by atoms with van der Waals surface area (Å²) in [6.45, 7) is 2.01. The van der Waals surface area contributed by atoms with E-state index in [9.17, 15) is 5.11 Å². The molecule has 1 unspecified atom stereocenters. The highest BCUT2D eigenvalue weighted by Gasteiger charge is 2.02. The molecule has 1 heterocycles. The van der Waals surface area contributed by atoms with Crippen LogP contribution in [-0.4, -0.2) is 20.8 Å². The van der Waals surface area contributed by atoms with Gasteiger partial charge in [0, 0.05) is 25.9 Å². The van der Waals surface area contributed by atoms with Crippen LogP contribution in [-0.2, 0) is 13.5 Å². The first-order valence-electron chi connectivity index (χ1n) is 4.88. The molecule has 0 saturated carbocycles. The molecule has 0 amide bonds. The molecule has 1 aromatic rings. The minimum absolute atomic E-state index is 0.139. The van der Waals surface area contributed by atoms with Crippen LogP contribution in [0.5, 0.6) is 0 Å². The van der Waals surface area contributed by atoms with Crippen molar-refractivity contribution in [3.8, 4) is 0 Å². The maximum absolute atomic E-state index is 9.33. The normalized spacial score (nSPS) is 13.2. The highest BCUT2D eigenvalue weighted by atomic mass is 16.3. The topological polar surface area (TPSA) is 38.1 Å². The van der Waals surface area contributed by atoms with E-state index < -0.39 is 0 Å². The molecule has 0 aliphatic carbocycles. The van der Waals surface area contributed by atoms with E-state index in [1.54, 1.807) is 0 Å². The van der Waals surface area contributed by atoms with Crippen LogP contribution in [0.15, 0.2) is 12.4 Å². The standard InChI is InChI=1S/C10H18N2O/c1-3-9(13)5-4-6-10-11-7-8-12(10)2/h7-9,13H,3-6H2,1-2H3. The van der Waals surface area contributed by atoms with E-state index in [1.807, 2.05) is 30.9 Å². The van der Waals surface area contributed by atoms with Gasteiger partial charge in [-0.2, -0.15) is 0 Å². The SMILES string of the molecule is CCC(O)CCCc1nccn1C. The van der Waals surface area contributed by atoms with Gasteiger partial charge in [0.1, 0.15) is 5.82 Å². The Kier molecular flexibility index (Phi) is 3.96. The Morgan fingerprint density at radius 2 is 2.38 bits per heavy atom. The van der Waals surface area contributed by atoms with Crippen molar-refractivity contribution in [3.05, 3.63) is 18.2 Å². The molecular weight excluding hydrogens is 164 g/mol. The van der Waals surface area contributed by atoms with Gasteiger partial charge in [0.05, 0.1) is 6.10 Å². The fraction of sp³-hybridized carbons (Fsp3) is 0.700. The number of imidazole rings is 1. The monoisotopic (exact) mass is 182 g/mol. The second kappa shape index (κ2) is 5.02. The van der Waals surface area contributed by atoms with Gasteiger partial charge in [0.2, 0.25) is 0 Å². The molecule has 3 heteroatoms. The Labute approximate surface area is 79.4 Å². The van der Waals surface area contributed by atoms with Gasteiger partial charge in [0.25, 0.3) is 0 Å². The lowest BCUT2D eigenvalue weighted by Gasteiger charge is -2.06. The molecule has 13 heavy (non-hydrogen) atoms. The number of aromatic nitrogens is 2. The second-order valence-electron chi connectivity index (χ2n) is 3.41. The molecule has 0 fully saturated rings. The Morgan fingerprint density at radius 1 is 1.62 bits per heavy atom. The van der Waals surface area contributed by atoms with Crippen LogP contribution in [0.25, 0.3) is 0 Å². The van der Waals surface area contributed by atoms with Crippen LogP contribution in [0.1, 0.15) is 32.0 Å². The largest absolute Gasteiger partial charge is 0.393 e. The summed E-state index contributed by atoms with van der Waals surface area (Å²) in [6.07, 6.45) is 7.32. The molecule has 0 spiro atoms. The fourth-order valence-corrected chi connectivity index (χ4v) is 1.34. The minimum atomic E-state index is -0.139. The first-order valence-corrected chi connectivity index (χ1v) is 4.88. The summed E-state index contributed by atoms with van der Waals surface area (Å²) in [5, 5.41) is 9.33. The molecule has 0 bridgehead atoms. The third-order valence-corrected chi connectivity index (χ3v) is 2.33. The van der Waals surface area contributed by atoms with Crippen LogP contribution in [0.3, 0.4) is 0 Å². The number of aliphatic hydroxyl groups excluding tert-OH is 1. The van der Waals surface area contributed by atoms with E-state index in [-0.39, 0.29) is 6.10 Å². The van der Waals surface area contributed by atoms with Crippen LogP contribution in [0.2, 0.25) is 0 Å². The summed E-state index contributed by atoms with van der Waals surface area (Å²) in [4.78, 5) is 4.22. The van der Waals surface area contributed by atoms with Crippen molar-refractivity contribution >= 4 is 0 Å². The summed E-state index contributed by atoms with van der Waals surface area (Å²) in [6, 6.07) is 0. The molecule has 1 rings (SSSR count). The third-order valence-electron chi connectivity index (χ3n) is 2.33. The molecule has 1 atom stereocenters. The van der Waals surface area contributed by atoms with E-state index in [0.717, 1.165) is 31.5 Å². The molecule has 74 valence electrons. The smallest absolute Gasteiger partial charge is 0.108 e. The van der Waals surface area contributed by atoms with Crippen molar-refractivity contribution in [3.63, 3.8) is 0 Å². The minimum Gasteiger partial charge on any atom is -0.393 e. The van der Waals surface area contributed by atoms with E-state index >= 15 is 0 Å². The molecule has 3 nitrogen and oxygen atoms in total. The number of hydrogen-bond donors (Lipinski definition) is 1. The Morgan fingerprint density at radius 3 is 2.92 bits per heavy atom. The average molecular weight is 182 g/mol. The molecule has 1 aromatic heterocycles. The summed E-state index contributed by atoms with van der Waals surface area (Å²) in [7, 11) is 2.00. The summed E-state index contributed by atoms with van der Waals surface area (Å²) >= 11 is 0. The van der Waals surface area contributed by atoms with E-state index in [1.165, 1.54) is 0 Å². The van der Waals surface area contributed by atoms with Crippen LogP contribution in [0.4, 0.5) is 0 Å². The summed E-state index contributed by atoms with van der Waals surface area (Å²) in [5.41, 5.74) is 0. The predicted molar refractivity (Wildman–Crippen MR) is 52.4 cm³/mol. The quantitative estimate of drug-likeness (QED) is 0.749. The van der Waals surface area contributed by atoms with Gasteiger partial charge in [-0.25, -0.2) is 4.98 Å². The number of aryl methyl sites for hydroxylation is 2. The van der Waals surface area contributed by atoms with Crippen molar-refractivity contribution in [1.29, 1.82) is 0 Å². The molecule has 1 N–H and O–H groups in total. The number of nitrogens with zero attached hydrogens (tertiary/aromatic N) is 2. The van der Waals surface area contributed by atoms with Gasteiger partial charge in [-0.1, -0.05) is 6.92 Å². The number of rotatable bonds is 5. The zero-order chi connectivity index (χ0) is 9.68. The molecular formula is C10H18N2O. The van der Waals surface area contributed by atoms with Crippen LogP contribution < -0.4 is 0 Å². The Hall–Kier alpha value is -0.830. The highest BCUT2D eigenvalue weighted by Crippen LogP contribution is 2.05. The lowest BCUT2D eigenvalue weighted by molar-refractivity contribution is 0.157. The van der Waals surface area contributed by atoms with E-state index in [4.69, 9.17) is 0 Å². The highest BCUT2D eigenvalue weighted by molar-refractivity contribution is 4.90. The zero-order valence-electron chi connectivity index (χ0n) is 8.40. The van der Waals surface area contributed by atoms with Crippen LogP contribution >= 0.6 is 0 Å². The zero-order valence-corrected chi connectivity index (χ0v) is 8.40. The lowest BCUT2D eigenvalue weighted by Crippen LogP contribution is -2.05.